The van der Waals surface area contributed by atoms with Crippen LogP contribution in [0.2, 0.25) is 0 Å². The Morgan fingerprint density at radius 1 is 0.462 bits per heavy atom. The maximum atomic E-state index is 11.4. The molecule has 2 amide bonds. The second kappa shape index (κ2) is 27.6. The molecule has 0 spiro atoms. The van der Waals surface area contributed by atoms with Crippen LogP contribution in [0.3, 0.4) is 0 Å². The summed E-state index contributed by atoms with van der Waals surface area (Å²) in [5.74, 6) is -0.611. The van der Waals surface area contributed by atoms with Crippen LogP contribution in [-0.4, -0.2) is 149 Å². The molecule has 0 aliphatic carbocycles. The zero-order chi connectivity index (χ0) is 28.1. The third-order valence-corrected chi connectivity index (χ3v) is 4.80. The lowest BCUT2D eigenvalue weighted by Crippen LogP contribution is -2.33. The summed E-state index contributed by atoms with van der Waals surface area (Å²) >= 11 is 0. The van der Waals surface area contributed by atoms with Crippen LogP contribution in [0.5, 0.6) is 0 Å². The van der Waals surface area contributed by atoms with Gasteiger partial charge in [-0.2, -0.15) is 0 Å². The minimum absolute atomic E-state index is 0.242. The van der Waals surface area contributed by atoms with Gasteiger partial charge in [-0.15, -0.1) is 0 Å². The largest absolute Gasteiger partial charge is 0.499 e. The molecule has 1 rings (SSSR count). The number of carbonyl (C=O) groups is 2. The molecule has 0 aromatic carbocycles. The van der Waals surface area contributed by atoms with Crippen LogP contribution < -0.4 is 0 Å². The first-order chi connectivity index (χ1) is 19.3. The zero-order valence-corrected chi connectivity index (χ0v) is 22.9. The second-order valence-electron chi connectivity index (χ2n) is 7.71. The summed E-state index contributed by atoms with van der Waals surface area (Å²) in [6.45, 7) is 12.7. The molecule has 0 atom stereocenters. The smallest absolute Gasteiger partial charge is 0.253 e. The molecular formula is C26H45NO12. The van der Waals surface area contributed by atoms with E-state index < -0.39 is 0 Å². The second-order valence-corrected chi connectivity index (χ2v) is 7.71. The van der Waals surface area contributed by atoms with Gasteiger partial charge in [0, 0.05) is 12.2 Å². The number of nitrogens with zero attached hydrogens (tertiary/aromatic N) is 1. The summed E-state index contributed by atoms with van der Waals surface area (Å²) in [5.41, 5.74) is 0. The average Bonchev–Trinajstić information content (AvgIpc) is 3.26. The average molecular weight is 564 g/mol. The minimum atomic E-state index is -0.305. The van der Waals surface area contributed by atoms with Crippen LogP contribution in [0, 0.1) is 0 Å². The third-order valence-electron chi connectivity index (χ3n) is 4.80. The Morgan fingerprint density at radius 2 is 0.718 bits per heavy atom. The number of carbonyl (C=O) groups excluding carboxylic acids is 2. The molecule has 13 heteroatoms. The van der Waals surface area contributed by atoms with Gasteiger partial charge in [0.25, 0.3) is 11.8 Å². The Morgan fingerprint density at radius 3 is 1.00 bits per heavy atom. The van der Waals surface area contributed by atoms with Gasteiger partial charge in [0.05, 0.1) is 132 Å². The summed E-state index contributed by atoms with van der Waals surface area (Å²) in [4.78, 5) is 23.9. The molecule has 226 valence electrons. The lowest BCUT2D eigenvalue weighted by atomic mass is 10.5. The molecule has 1 aliphatic heterocycles. The number of hydrogen-bond donors (Lipinski definition) is 0. The Balaban J connectivity index is 1.64. The van der Waals surface area contributed by atoms with Crippen molar-refractivity contribution in [3.05, 3.63) is 25.0 Å². The van der Waals surface area contributed by atoms with Gasteiger partial charge in [0.1, 0.15) is 6.61 Å². The molecule has 0 aromatic heterocycles. The zero-order valence-electron chi connectivity index (χ0n) is 22.9. The van der Waals surface area contributed by atoms with E-state index in [-0.39, 0.29) is 25.0 Å². The predicted octanol–water partition coefficient (Wildman–Crippen LogP) is 0.221. The van der Waals surface area contributed by atoms with E-state index >= 15 is 0 Å². The van der Waals surface area contributed by atoms with Crippen LogP contribution in [-0.2, 0) is 57.0 Å². The summed E-state index contributed by atoms with van der Waals surface area (Å²) in [5, 5.41) is 0. The summed E-state index contributed by atoms with van der Waals surface area (Å²) < 4.78 is 53.5. The van der Waals surface area contributed by atoms with Crippen molar-refractivity contribution in [3.8, 4) is 0 Å². The van der Waals surface area contributed by atoms with Crippen molar-refractivity contribution >= 4 is 11.8 Å². The molecular weight excluding hydrogens is 518 g/mol. The molecule has 0 saturated heterocycles. The van der Waals surface area contributed by atoms with E-state index in [1.54, 1.807) is 0 Å². The predicted molar refractivity (Wildman–Crippen MR) is 139 cm³/mol. The van der Waals surface area contributed by atoms with Crippen molar-refractivity contribution in [3.63, 3.8) is 0 Å². The molecule has 0 bridgehead atoms. The van der Waals surface area contributed by atoms with Gasteiger partial charge in [-0.1, -0.05) is 6.58 Å². The molecule has 1 aliphatic rings. The third kappa shape index (κ3) is 22.6. The van der Waals surface area contributed by atoms with E-state index in [1.165, 1.54) is 18.4 Å². The lowest BCUT2D eigenvalue weighted by molar-refractivity contribution is -0.137. The molecule has 0 radical (unpaired) electrons. The summed E-state index contributed by atoms with van der Waals surface area (Å²) in [6, 6.07) is 0. The Kier molecular flexibility index (Phi) is 24.8. The van der Waals surface area contributed by atoms with Crippen LogP contribution >= 0.6 is 0 Å². The molecule has 13 nitrogen and oxygen atoms in total. The molecule has 0 saturated carbocycles. The van der Waals surface area contributed by atoms with Gasteiger partial charge in [-0.05, 0) is 0 Å². The number of ether oxygens (including phenoxy) is 10. The monoisotopic (exact) mass is 563 g/mol. The van der Waals surface area contributed by atoms with Gasteiger partial charge in [0.15, 0.2) is 0 Å². The molecule has 1 heterocycles. The van der Waals surface area contributed by atoms with Crippen LogP contribution in [0.4, 0.5) is 0 Å². The first-order valence-corrected chi connectivity index (χ1v) is 13.2. The van der Waals surface area contributed by atoms with Crippen molar-refractivity contribution in [2.75, 3.05) is 132 Å². The van der Waals surface area contributed by atoms with Gasteiger partial charge >= 0.3 is 0 Å². The fourth-order valence-corrected chi connectivity index (χ4v) is 2.86. The molecule has 0 unspecified atom stereocenters. The summed E-state index contributed by atoms with van der Waals surface area (Å²) in [6.07, 6.45) is 3.90. The van der Waals surface area contributed by atoms with Crippen LogP contribution in [0.25, 0.3) is 0 Å². The van der Waals surface area contributed by atoms with Crippen molar-refractivity contribution in [1.29, 1.82) is 0 Å². The van der Waals surface area contributed by atoms with Crippen molar-refractivity contribution < 1.29 is 57.0 Å². The van der Waals surface area contributed by atoms with E-state index in [1.807, 2.05) is 0 Å². The van der Waals surface area contributed by atoms with Crippen molar-refractivity contribution in [2.24, 2.45) is 0 Å². The fraction of sp³-hybridized carbons (Fsp3) is 0.769. The Labute approximate surface area is 231 Å². The maximum absolute atomic E-state index is 11.4. The minimum Gasteiger partial charge on any atom is -0.499 e. The number of hydrogen-bond acceptors (Lipinski definition) is 12. The van der Waals surface area contributed by atoms with Crippen LogP contribution in [0.1, 0.15) is 0 Å². The van der Waals surface area contributed by atoms with E-state index in [0.29, 0.717) is 119 Å². The highest BCUT2D eigenvalue weighted by Gasteiger charge is 2.22. The number of imide groups is 1. The quantitative estimate of drug-likeness (QED) is 0.0650. The molecule has 0 fully saturated rings. The highest BCUT2D eigenvalue weighted by Crippen LogP contribution is 2.02. The molecule has 39 heavy (non-hydrogen) atoms. The number of rotatable bonds is 31. The normalized spacial score (nSPS) is 13.1. The Bertz CT molecular complexity index is 616. The fourth-order valence-electron chi connectivity index (χ4n) is 2.86. The van der Waals surface area contributed by atoms with Crippen molar-refractivity contribution in [2.45, 2.75) is 0 Å². The highest BCUT2D eigenvalue weighted by molar-refractivity contribution is 6.12. The van der Waals surface area contributed by atoms with E-state index in [2.05, 4.69) is 6.58 Å². The van der Waals surface area contributed by atoms with E-state index in [9.17, 15) is 9.59 Å². The lowest BCUT2D eigenvalue weighted by Gasteiger charge is -2.13. The first-order valence-electron chi connectivity index (χ1n) is 13.2. The van der Waals surface area contributed by atoms with Gasteiger partial charge in [-0.25, -0.2) is 0 Å². The maximum Gasteiger partial charge on any atom is 0.253 e. The first kappa shape index (κ1) is 35.1. The number of amides is 2. The van der Waals surface area contributed by atoms with E-state index in [4.69, 9.17) is 47.4 Å². The summed E-state index contributed by atoms with van der Waals surface area (Å²) in [7, 11) is 0. The standard InChI is InChI=1S/C26H45NO12/c1-2-30-7-8-32-11-12-34-15-16-36-19-20-38-23-24-39-22-21-37-18-17-35-14-13-33-10-9-31-6-5-27-25(28)3-4-26(27)29/h2-4H,1,5-24H2. The van der Waals surface area contributed by atoms with E-state index in [0.717, 1.165) is 4.90 Å². The van der Waals surface area contributed by atoms with Gasteiger partial charge < -0.3 is 47.4 Å². The Hall–Kier alpha value is -1.94. The molecule has 0 N–H and O–H groups in total. The van der Waals surface area contributed by atoms with Gasteiger partial charge in [-0.3, -0.25) is 14.5 Å². The SMILES string of the molecule is C=COCCOCCOCCOCCOCCOCCOCCOCCOCCOCCN1C(=O)C=CC1=O. The topological polar surface area (TPSA) is 130 Å². The van der Waals surface area contributed by atoms with Crippen molar-refractivity contribution in [1.82, 2.24) is 4.90 Å². The highest BCUT2D eigenvalue weighted by atomic mass is 16.6. The van der Waals surface area contributed by atoms with Crippen LogP contribution in [0.15, 0.2) is 25.0 Å². The van der Waals surface area contributed by atoms with Gasteiger partial charge in [0.2, 0.25) is 0 Å². The molecule has 0 aromatic rings.